The molecule has 0 spiro atoms. The highest BCUT2D eigenvalue weighted by molar-refractivity contribution is 7.15. The Morgan fingerprint density at radius 3 is 2.32 bits per heavy atom. The lowest BCUT2D eigenvalue weighted by Gasteiger charge is -2.24. The van der Waals surface area contributed by atoms with Gasteiger partial charge in [-0.1, -0.05) is 12.1 Å². The predicted octanol–water partition coefficient (Wildman–Crippen LogP) is 4.36. The van der Waals surface area contributed by atoms with Crippen LogP contribution >= 0.6 is 23.7 Å². The van der Waals surface area contributed by atoms with Gasteiger partial charge in [0.05, 0.1) is 5.56 Å². The third kappa shape index (κ3) is 4.59. The second kappa shape index (κ2) is 7.30. The van der Waals surface area contributed by atoms with E-state index < -0.39 is 11.7 Å². The van der Waals surface area contributed by atoms with Crippen molar-refractivity contribution in [3.63, 3.8) is 0 Å². The lowest BCUT2D eigenvalue weighted by atomic mass is 10.0. The molecule has 0 saturated heterocycles. The van der Waals surface area contributed by atoms with E-state index in [1.54, 1.807) is 6.20 Å². The molecule has 2 aromatic rings. The summed E-state index contributed by atoms with van der Waals surface area (Å²) in [5.41, 5.74) is 5.79. The van der Waals surface area contributed by atoms with Crippen LogP contribution < -0.4 is 5.73 Å². The Hall–Kier alpha value is -1.31. The molecular formula is C14H17ClF3N3S. The molecule has 0 fully saturated rings. The van der Waals surface area contributed by atoms with Crippen LogP contribution in [0.2, 0.25) is 0 Å². The molecular weight excluding hydrogens is 335 g/mol. The van der Waals surface area contributed by atoms with Gasteiger partial charge in [-0.15, -0.1) is 23.7 Å². The molecule has 3 nitrogen and oxygen atoms in total. The third-order valence-electron chi connectivity index (χ3n) is 3.36. The lowest BCUT2D eigenvalue weighted by Crippen LogP contribution is -2.21. The van der Waals surface area contributed by atoms with Gasteiger partial charge in [0.25, 0.3) is 0 Å². The summed E-state index contributed by atoms with van der Waals surface area (Å²) in [6.45, 7) is 2.60. The number of aromatic nitrogens is 1. The zero-order valence-electron chi connectivity index (χ0n) is 12.1. The van der Waals surface area contributed by atoms with Gasteiger partial charge in [0.15, 0.2) is 5.13 Å². The standard InChI is InChI=1S/C14H16F3N3S.ClH/c1-9(20(2)8-12-7-19-13(18)21-12)10-3-5-11(6-4-10)14(15,16)17;/h3-7,9H,8H2,1-2H3,(H2,18,19);1H. The number of halogens is 4. The maximum absolute atomic E-state index is 12.5. The summed E-state index contributed by atoms with van der Waals surface area (Å²) in [5.74, 6) is 0. The summed E-state index contributed by atoms with van der Waals surface area (Å²) >= 11 is 1.41. The van der Waals surface area contributed by atoms with Crippen molar-refractivity contribution in [2.45, 2.75) is 25.7 Å². The molecule has 2 rings (SSSR count). The Kier molecular flexibility index (Phi) is 6.22. The minimum Gasteiger partial charge on any atom is -0.375 e. The number of thiazole rings is 1. The molecule has 0 saturated carbocycles. The Morgan fingerprint density at radius 1 is 1.27 bits per heavy atom. The van der Waals surface area contributed by atoms with Gasteiger partial charge in [-0.3, -0.25) is 4.90 Å². The summed E-state index contributed by atoms with van der Waals surface area (Å²) in [6, 6.07) is 5.26. The normalized spacial score (nSPS) is 13.0. The molecule has 1 aromatic carbocycles. The average molecular weight is 352 g/mol. The minimum atomic E-state index is -4.30. The Bertz CT molecular complexity index is 598. The van der Waals surface area contributed by atoms with Crippen molar-refractivity contribution < 1.29 is 13.2 Å². The van der Waals surface area contributed by atoms with Crippen LogP contribution in [0.5, 0.6) is 0 Å². The smallest absolute Gasteiger partial charge is 0.375 e. The van der Waals surface area contributed by atoms with Crippen LogP contribution in [0.4, 0.5) is 18.3 Å². The van der Waals surface area contributed by atoms with Gasteiger partial charge in [-0.05, 0) is 31.7 Å². The SMILES string of the molecule is CC(c1ccc(C(F)(F)F)cc1)N(C)Cc1cnc(N)s1.Cl. The first-order valence-electron chi connectivity index (χ1n) is 6.35. The molecule has 0 amide bonds. The summed E-state index contributed by atoms with van der Waals surface area (Å²) in [6.07, 6.45) is -2.58. The van der Waals surface area contributed by atoms with E-state index in [9.17, 15) is 13.2 Å². The lowest BCUT2D eigenvalue weighted by molar-refractivity contribution is -0.137. The first-order valence-corrected chi connectivity index (χ1v) is 7.16. The van der Waals surface area contributed by atoms with Crippen molar-refractivity contribution in [3.8, 4) is 0 Å². The second-order valence-electron chi connectivity index (χ2n) is 4.88. The predicted molar refractivity (Wildman–Crippen MR) is 85.1 cm³/mol. The fourth-order valence-corrected chi connectivity index (χ4v) is 2.73. The number of hydrogen-bond acceptors (Lipinski definition) is 4. The molecule has 22 heavy (non-hydrogen) atoms. The topological polar surface area (TPSA) is 42.2 Å². The van der Waals surface area contributed by atoms with E-state index in [1.165, 1.54) is 23.5 Å². The van der Waals surface area contributed by atoms with Gasteiger partial charge in [0, 0.05) is 23.7 Å². The van der Waals surface area contributed by atoms with Gasteiger partial charge in [-0.2, -0.15) is 13.2 Å². The fraction of sp³-hybridized carbons (Fsp3) is 0.357. The zero-order chi connectivity index (χ0) is 15.6. The summed E-state index contributed by atoms with van der Waals surface area (Å²) in [5, 5.41) is 0.514. The first kappa shape index (κ1) is 18.7. The van der Waals surface area contributed by atoms with Crippen molar-refractivity contribution >= 4 is 28.9 Å². The van der Waals surface area contributed by atoms with Crippen LogP contribution in [0.3, 0.4) is 0 Å². The van der Waals surface area contributed by atoms with Gasteiger partial charge >= 0.3 is 6.18 Å². The van der Waals surface area contributed by atoms with Crippen LogP contribution in [-0.2, 0) is 12.7 Å². The number of alkyl halides is 3. The van der Waals surface area contributed by atoms with E-state index in [0.29, 0.717) is 11.7 Å². The maximum atomic E-state index is 12.5. The van der Waals surface area contributed by atoms with Gasteiger partial charge in [0.1, 0.15) is 0 Å². The highest BCUT2D eigenvalue weighted by atomic mass is 35.5. The van der Waals surface area contributed by atoms with Crippen molar-refractivity contribution in [1.82, 2.24) is 9.88 Å². The van der Waals surface area contributed by atoms with Crippen LogP contribution in [0, 0.1) is 0 Å². The van der Waals surface area contributed by atoms with Crippen molar-refractivity contribution in [3.05, 3.63) is 46.5 Å². The second-order valence-corrected chi connectivity index (χ2v) is 6.02. The Balaban J connectivity index is 0.00000242. The van der Waals surface area contributed by atoms with E-state index in [-0.39, 0.29) is 18.4 Å². The number of anilines is 1. The molecule has 122 valence electrons. The van der Waals surface area contributed by atoms with E-state index in [0.717, 1.165) is 22.6 Å². The van der Waals surface area contributed by atoms with Crippen LogP contribution in [0.25, 0.3) is 0 Å². The number of nitrogens with zero attached hydrogens (tertiary/aromatic N) is 2. The Morgan fingerprint density at radius 2 is 1.86 bits per heavy atom. The molecule has 0 radical (unpaired) electrons. The summed E-state index contributed by atoms with van der Waals surface area (Å²) in [7, 11) is 1.91. The van der Waals surface area contributed by atoms with E-state index >= 15 is 0 Å². The van der Waals surface area contributed by atoms with Crippen molar-refractivity contribution in [1.29, 1.82) is 0 Å². The molecule has 0 aliphatic carbocycles. The highest BCUT2D eigenvalue weighted by Gasteiger charge is 2.30. The monoisotopic (exact) mass is 351 g/mol. The average Bonchev–Trinajstić information content (AvgIpc) is 2.82. The van der Waals surface area contributed by atoms with Gasteiger partial charge in [-0.25, -0.2) is 4.98 Å². The molecule has 0 bridgehead atoms. The number of rotatable bonds is 4. The molecule has 1 unspecified atom stereocenters. The van der Waals surface area contributed by atoms with Crippen LogP contribution in [-0.4, -0.2) is 16.9 Å². The number of benzene rings is 1. The van der Waals surface area contributed by atoms with Crippen LogP contribution in [0.1, 0.15) is 29.0 Å². The summed E-state index contributed by atoms with van der Waals surface area (Å²) < 4.78 is 37.6. The Labute approximate surface area is 137 Å². The largest absolute Gasteiger partial charge is 0.416 e. The van der Waals surface area contributed by atoms with E-state index in [1.807, 2.05) is 18.9 Å². The van der Waals surface area contributed by atoms with Crippen molar-refractivity contribution in [2.24, 2.45) is 0 Å². The first-order chi connectivity index (χ1) is 9.77. The molecule has 1 atom stereocenters. The third-order valence-corrected chi connectivity index (χ3v) is 4.17. The number of nitrogens with two attached hydrogens (primary N) is 1. The molecule has 0 aliphatic heterocycles. The van der Waals surface area contributed by atoms with E-state index in [2.05, 4.69) is 4.98 Å². The molecule has 2 N–H and O–H groups in total. The van der Waals surface area contributed by atoms with Crippen molar-refractivity contribution in [2.75, 3.05) is 12.8 Å². The van der Waals surface area contributed by atoms with Gasteiger partial charge in [0.2, 0.25) is 0 Å². The minimum absolute atomic E-state index is 0. The highest BCUT2D eigenvalue weighted by Crippen LogP contribution is 2.31. The molecule has 8 heteroatoms. The number of nitrogen functional groups attached to an aromatic ring is 1. The van der Waals surface area contributed by atoms with Crippen LogP contribution in [0.15, 0.2) is 30.5 Å². The molecule has 0 aliphatic rings. The zero-order valence-corrected chi connectivity index (χ0v) is 13.7. The molecule has 1 heterocycles. The summed E-state index contributed by atoms with van der Waals surface area (Å²) in [4.78, 5) is 7.04. The number of hydrogen-bond donors (Lipinski definition) is 1. The quantitative estimate of drug-likeness (QED) is 0.890. The fourth-order valence-electron chi connectivity index (χ4n) is 1.98. The van der Waals surface area contributed by atoms with Gasteiger partial charge < -0.3 is 5.73 Å². The molecule has 1 aromatic heterocycles. The van der Waals surface area contributed by atoms with E-state index in [4.69, 9.17) is 5.73 Å². The maximum Gasteiger partial charge on any atom is 0.416 e.